The third-order valence-corrected chi connectivity index (χ3v) is 2.96. The van der Waals surface area contributed by atoms with Gasteiger partial charge in [-0.15, -0.1) is 0 Å². The lowest BCUT2D eigenvalue weighted by molar-refractivity contribution is -0.127. The number of likely N-dealkylation sites (tertiary alicyclic amines) is 1. The summed E-state index contributed by atoms with van der Waals surface area (Å²) in [6.07, 6.45) is 3.64. The molecule has 0 saturated carbocycles. The molecule has 0 unspecified atom stereocenters. The number of carbonyl (C=O) groups is 1. The number of β-amino-alcohol motifs (C(OH)–C–C–N with tert-alkyl or cyclic N) is 1. The van der Waals surface area contributed by atoms with E-state index in [-0.39, 0.29) is 0 Å². The topological polar surface area (TPSA) is 66.6 Å². The van der Waals surface area contributed by atoms with Gasteiger partial charge in [-0.25, -0.2) is 0 Å². The first-order valence-corrected chi connectivity index (χ1v) is 5.36. The molecule has 4 nitrogen and oxygen atoms in total. The summed E-state index contributed by atoms with van der Waals surface area (Å²) in [6, 6.07) is 0.512. The number of primary amides is 1. The summed E-state index contributed by atoms with van der Waals surface area (Å²) in [5, 5.41) is 9.38. The van der Waals surface area contributed by atoms with Crippen LogP contribution < -0.4 is 5.73 Å². The second-order valence-electron chi connectivity index (χ2n) is 3.97. The van der Waals surface area contributed by atoms with Gasteiger partial charge in [-0.3, -0.25) is 9.69 Å². The van der Waals surface area contributed by atoms with Gasteiger partial charge >= 0.3 is 0 Å². The fraction of sp³-hybridized carbons (Fsp3) is 0.900. The normalized spacial score (nSPS) is 26.0. The summed E-state index contributed by atoms with van der Waals surface area (Å²) in [5.74, 6) is -0.620. The fourth-order valence-electron chi connectivity index (χ4n) is 2.07. The Labute approximate surface area is 85.1 Å². The molecule has 14 heavy (non-hydrogen) atoms. The lowest BCUT2D eigenvalue weighted by atomic mass is 9.99. The summed E-state index contributed by atoms with van der Waals surface area (Å²) in [7, 11) is 0. The summed E-state index contributed by atoms with van der Waals surface area (Å²) in [6.45, 7) is 3.51. The summed E-state index contributed by atoms with van der Waals surface area (Å²) in [4.78, 5) is 12.9. The number of aliphatic hydroxyl groups excluding tert-OH is 1. The van der Waals surface area contributed by atoms with Crippen LogP contribution in [0.15, 0.2) is 0 Å². The van der Waals surface area contributed by atoms with Gasteiger partial charge in [0.2, 0.25) is 5.91 Å². The second kappa shape index (κ2) is 5.32. The van der Waals surface area contributed by atoms with Crippen LogP contribution >= 0.6 is 0 Å². The molecule has 0 aliphatic carbocycles. The van der Waals surface area contributed by atoms with E-state index in [1.807, 2.05) is 0 Å². The van der Waals surface area contributed by atoms with Gasteiger partial charge in [-0.05, 0) is 25.8 Å². The summed E-state index contributed by atoms with van der Waals surface area (Å²) < 4.78 is 0. The quantitative estimate of drug-likeness (QED) is 0.676. The van der Waals surface area contributed by atoms with E-state index in [0.29, 0.717) is 12.6 Å². The van der Waals surface area contributed by atoms with Crippen molar-refractivity contribution in [3.05, 3.63) is 0 Å². The van der Waals surface area contributed by atoms with E-state index in [1.165, 1.54) is 12.8 Å². The molecule has 1 aliphatic heterocycles. The van der Waals surface area contributed by atoms with Crippen molar-refractivity contribution >= 4 is 5.91 Å². The predicted molar refractivity (Wildman–Crippen MR) is 54.7 cm³/mol. The first kappa shape index (κ1) is 11.5. The van der Waals surface area contributed by atoms with E-state index < -0.39 is 12.0 Å². The second-order valence-corrected chi connectivity index (χ2v) is 3.97. The minimum atomic E-state index is -1.01. The number of amides is 1. The van der Waals surface area contributed by atoms with Crippen LogP contribution in [0, 0.1) is 0 Å². The largest absolute Gasteiger partial charge is 0.382 e. The molecule has 4 heteroatoms. The SMILES string of the molecule is CC[C@H]1CCCCN1C[C@@H](O)C(N)=O. The van der Waals surface area contributed by atoms with Gasteiger partial charge in [0, 0.05) is 12.6 Å². The molecule has 2 atom stereocenters. The lowest BCUT2D eigenvalue weighted by Gasteiger charge is -2.35. The Morgan fingerprint density at radius 3 is 2.93 bits per heavy atom. The zero-order chi connectivity index (χ0) is 10.6. The number of hydrogen-bond acceptors (Lipinski definition) is 3. The number of piperidine rings is 1. The smallest absolute Gasteiger partial charge is 0.247 e. The average Bonchev–Trinajstić information content (AvgIpc) is 2.18. The Morgan fingerprint density at radius 2 is 2.36 bits per heavy atom. The van der Waals surface area contributed by atoms with Gasteiger partial charge in [0.15, 0.2) is 0 Å². The van der Waals surface area contributed by atoms with E-state index in [1.54, 1.807) is 0 Å². The number of hydrogen-bond donors (Lipinski definition) is 2. The van der Waals surface area contributed by atoms with Crippen LogP contribution in [0.4, 0.5) is 0 Å². The lowest BCUT2D eigenvalue weighted by Crippen LogP contribution is -2.46. The van der Waals surface area contributed by atoms with Crippen LogP contribution in [0.25, 0.3) is 0 Å². The molecule has 0 spiro atoms. The molecule has 0 radical (unpaired) electrons. The van der Waals surface area contributed by atoms with Crippen molar-refractivity contribution in [1.82, 2.24) is 4.90 Å². The summed E-state index contributed by atoms with van der Waals surface area (Å²) in [5.41, 5.74) is 5.02. The average molecular weight is 200 g/mol. The van der Waals surface area contributed by atoms with E-state index in [0.717, 1.165) is 19.4 Å². The first-order valence-electron chi connectivity index (χ1n) is 5.36. The Bertz CT molecular complexity index is 197. The molecule has 1 saturated heterocycles. The molecule has 1 rings (SSSR count). The molecule has 3 N–H and O–H groups in total. The van der Waals surface area contributed by atoms with Gasteiger partial charge in [-0.1, -0.05) is 13.3 Å². The van der Waals surface area contributed by atoms with Crippen molar-refractivity contribution in [2.45, 2.75) is 44.8 Å². The molecule has 1 amide bonds. The Kier molecular flexibility index (Phi) is 4.35. The van der Waals surface area contributed by atoms with Crippen molar-refractivity contribution in [2.75, 3.05) is 13.1 Å². The van der Waals surface area contributed by atoms with Crippen LogP contribution in [0.3, 0.4) is 0 Å². The minimum absolute atomic E-state index is 0.397. The third kappa shape index (κ3) is 2.96. The number of nitrogens with zero attached hydrogens (tertiary/aromatic N) is 1. The maximum Gasteiger partial charge on any atom is 0.247 e. The zero-order valence-corrected chi connectivity index (χ0v) is 8.78. The Balaban J connectivity index is 2.44. The van der Waals surface area contributed by atoms with Crippen molar-refractivity contribution in [1.29, 1.82) is 0 Å². The third-order valence-electron chi connectivity index (χ3n) is 2.96. The van der Waals surface area contributed by atoms with Gasteiger partial charge in [-0.2, -0.15) is 0 Å². The standard InChI is InChI=1S/C10H20N2O2/c1-2-8-5-3-4-6-12(8)7-9(13)10(11)14/h8-9,13H,2-7H2,1H3,(H2,11,14)/t8-,9+/m0/s1. The molecule has 0 bridgehead atoms. The van der Waals surface area contributed by atoms with Crippen molar-refractivity contribution in [2.24, 2.45) is 5.73 Å². The monoisotopic (exact) mass is 200 g/mol. The number of aliphatic hydroxyl groups is 1. The fourth-order valence-corrected chi connectivity index (χ4v) is 2.07. The number of nitrogens with two attached hydrogens (primary N) is 1. The summed E-state index contributed by atoms with van der Waals surface area (Å²) >= 11 is 0. The molecule has 0 aromatic heterocycles. The highest BCUT2D eigenvalue weighted by molar-refractivity contribution is 5.78. The van der Waals surface area contributed by atoms with Crippen molar-refractivity contribution in [3.8, 4) is 0 Å². The maximum absolute atomic E-state index is 10.7. The van der Waals surface area contributed by atoms with Crippen LogP contribution in [0.1, 0.15) is 32.6 Å². The van der Waals surface area contributed by atoms with E-state index in [4.69, 9.17) is 5.73 Å². The van der Waals surface area contributed by atoms with Crippen LogP contribution in [0.5, 0.6) is 0 Å². The van der Waals surface area contributed by atoms with E-state index >= 15 is 0 Å². The van der Waals surface area contributed by atoms with Crippen molar-refractivity contribution in [3.63, 3.8) is 0 Å². The van der Waals surface area contributed by atoms with Crippen LogP contribution in [-0.2, 0) is 4.79 Å². The molecule has 1 heterocycles. The highest BCUT2D eigenvalue weighted by Gasteiger charge is 2.24. The van der Waals surface area contributed by atoms with E-state index in [2.05, 4.69) is 11.8 Å². The first-order chi connectivity index (χ1) is 6.65. The molecule has 82 valence electrons. The number of rotatable bonds is 4. The van der Waals surface area contributed by atoms with Gasteiger partial charge in [0.05, 0.1) is 0 Å². The maximum atomic E-state index is 10.7. The molecule has 1 aliphatic rings. The van der Waals surface area contributed by atoms with Gasteiger partial charge in [0.25, 0.3) is 0 Å². The number of carbonyl (C=O) groups excluding carboxylic acids is 1. The molecule has 0 aromatic rings. The molecular weight excluding hydrogens is 180 g/mol. The molecule has 1 fully saturated rings. The Morgan fingerprint density at radius 1 is 1.64 bits per heavy atom. The Hall–Kier alpha value is -0.610. The molecular formula is C10H20N2O2. The van der Waals surface area contributed by atoms with E-state index in [9.17, 15) is 9.90 Å². The van der Waals surface area contributed by atoms with Crippen LogP contribution in [-0.4, -0.2) is 41.1 Å². The van der Waals surface area contributed by atoms with Crippen LogP contribution in [0.2, 0.25) is 0 Å². The zero-order valence-electron chi connectivity index (χ0n) is 8.78. The highest BCUT2D eigenvalue weighted by atomic mass is 16.3. The van der Waals surface area contributed by atoms with Gasteiger partial charge < -0.3 is 10.8 Å². The van der Waals surface area contributed by atoms with Gasteiger partial charge in [0.1, 0.15) is 6.10 Å². The predicted octanol–water partition coefficient (Wildman–Crippen LogP) is 0.0971. The molecule has 0 aromatic carbocycles. The minimum Gasteiger partial charge on any atom is -0.382 e. The van der Waals surface area contributed by atoms with Crippen molar-refractivity contribution < 1.29 is 9.90 Å². The highest BCUT2D eigenvalue weighted by Crippen LogP contribution is 2.19.